The van der Waals surface area contributed by atoms with Crippen LogP contribution in [-0.2, 0) is 20.7 Å². The standard InChI is InChI=1S/C22H35N3O3/c1-6-23(7-2)14-20-15-24(22(27)16-28-5)10-11-25(20)21(26)13-19-9-8-17(3)18(4)12-19/h8-9,12,20H,6-7,10-11,13-16H2,1-5H3/t20-/m1/s1/i5-1. The number of methoxy groups -OCH3 is 1. The number of hydrogen-bond acceptors (Lipinski definition) is 4. The number of carbonyl (C=O) groups is 2. The number of ether oxygens (including phenoxy) is 1. The van der Waals surface area contributed by atoms with E-state index in [0.717, 1.165) is 25.2 Å². The van der Waals surface area contributed by atoms with Gasteiger partial charge in [-0.15, -0.1) is 0 Å². The smallest absolute Gasteiger partial charge is 0.248 e. The third-order valence-corrected chi connectivity index (χ3v) is 5.71. The molecule has 0 unspecified atom stereocenters. The lowest BCUT2D eigenvalue weighted by atomic mass is 10.0. The molecule has 0 aromatic heterocycles. The molecule has 2 rings (SSSR count). The summed E-state index contributed by atoms with van der Waals surface area (Å²) in [5.74, 6) is 0.132. The third kappa shape index (κ3) is 5.79. The van der Waals surface area contributed by atoms with Gasteiger partial charge in [-0.2, -0.15) is 0 Å². The second kappa shape index (κ2) is 10.6. The molecular formula is C22H35N3O3. The minimum Gasteiger partial charge on any atom is -0.375 e. The monoisotopic (exact) mass is 388 g/mol. The van der Waals surface area contributed by atoms with Gasteiger partial charge in [0.25, 0.3) is 0 Å². The zero-order valence-corrected chi connectivity index (χ0v) is 18.0. The van der Waals surface area contributed by atoms with Crippen molar-refractivity contribution < 1.29 is 14.3 Å². The van der Waals surface area contributed by atoms with Crippen molar-refractivity contribution in [2.24, 2.45) is 0 Å². The molecule has 1 aliphatic heterocycles. The number of nitrogens with zero attached hydrogens (tertiary/aromatic N) is 3. The van der Waals surface area contributed by atoms with Crippen molar-refractivity contribution in [3.63, 3.8) is 0 Å². The summed E-state index contributed by atoms with van der Waals surface area (Å²) in [6.07, 6.45) is 0.405. The lowest BCUT2D eigenvalue weighted by molar-refractivity contribution is -0.145. The van der Waals surface area contributed by atoms with Crippen LogP contribution in [0.15, 0.2) is 18.2 Å². The van der Waals surface area contributed by atoms with Crippen LogP contribution in [0.2, 0.25) is 0 Å². The lowest BCUT2D eigenvalue weighted by Gasteiger charge is -2.43. The maximum atomic E-state index is 13.1. The molecule has 1 heterocycles. The fourth-order valence-electron chi connectivity index (χ4n) is 3.75. The van der Waals surface area contributed by atoms with E-state index >= 15 is 0 Å². The largest absolute Gasteiger partial charge is 0.375 e. The number of likely N-dealkylation sites (N-methyl/N-ethyl adjacent to an activating group) is 1. The zero-order valence-electron chi connectivity index (χ0n) is 18.0. The predicted octanol–water partition coefficient (Wildman–Crippen LogP) is 1.87. The quantitative estimate of drug-likeness (QED) is 0.682. The van der Waals surface area contributed by atoms with Crippen LogP contribution in [0.1, 0.15) is 30.5 Å². The maximum Gasteiger partial charge on any atom is 0.248 e. The minimum absolute atomic E-state index is 0.00620. The van der Waals surface area contributed by atoms with Crippen molar-refractivity contribution in [2.75, 3.05) is 53.0 Å². The van der Waals surface area contributed by atoms with Gasteiger partial charge in [0.15, 0.2) is 0 Å². The fourth-order valence-corrected chi connectivity index (χ4v) is 3.75. The summed E-state index contributed by atoms with van der Waals surface area (Å²) in [5, 5.41) is 0. The number of piperazine rings is 1. The van der Waals surface area contributed by atoms with E-state index in [1.807, 2.05) is 15.9 Å². The second-order valence-electron chi connectivity index (χ2n) is 7.59. The average Bonchev–Trinajstić information content (AvgIpc) is 2.68. The van der Waals surface area contributed by atoms with Crippen molar-refractivity contribution in [1.29, 1.82) is 0 Å². The fraction of sp³-hybridized carbons (Fsp3) is 0.636. The number of carbonyl (C=O) groups excluding carboxylic acids is 2. The van der Waals surface area contributed by atoms with Crippen molar-refractivity contribution in [3.8, 4) is 0 Å². The van der Waals surface area contributed by atoms with Crippen LogP contribution in [0.25, 0.3) is 0 Å². The van der Waals surface area contributed by atoms with E-state index in [9.17, 15) is 9.59 Å². The van der Waals surface area contributed by atoms with Gasteiger partial charge in [0, 0.05) is 33.3 Å². The molecular weight excluding hydrogens is 353 g/mol. The van der Waals surface area contributed by atoms with Crippen LogP contribution in [0, 0.1) is 13.8 Å². The van der Waals surface area contributed by atoms with E-state index in [4.69, 9.17) is 4.74 Å². The van der Waals surface area contributed by atoms with Crippen LogP contribution >= 0.6 is 0 Å². The molecule has 28 heavy (non-hydrogen) atoms. The molecule has 6 nitrogen and oxygen atoms in total. The number of hydrogen-bond donors (Lipinski definition) is 0. The van der Waals surface area contributed by atoms with Gasteiger partial charge in [-0.25, -0.2) is 0 Å². The molecule has 2 amide bonds. The van der Waals surface area contributed by atoms with Gasteiger partial charge >= 0.3 is 0 Å². The van der Waals surface area contributed by atoms with Gasteiger partial charge in [0.05, 0.1) is 12.5 Å². The Balaban J connectivity index is 2.12. The highest BCUT2D eigenvalue weighted by Crippen LogP contribution is 2.16. The zero-order chi connectivity index (χ0) is 20.7. The van der Waals surface area contributed by atoms with Gasteiger partial charge in [-0.1, -0.05) is 32.0 Å². The third-order valence-electron chi connectivity index (χ3n) is 5.71. The van der Waals surface area contributed by atoms with E-state index < -0.39 is 0 Å². The lowest BCUT2D eigenvalue weighted by Crippen LogP contribution is -2.60. The topological polar surface area (TPSA) is 53.1 Å². The number of rotatable bonds is 8. The molecule has 1 atom stereocenters. The number of amides is 2. The van der Waals surface area contributed by atoms with E-state index in [1.54, 1.807) is 0 Å². The molecule has 156 valence electrons. The first-order valence-corrected chi connectivity index (χ1v) is 10.2. The molecule has 1 saturated heterocycles. The Morgan fingerprint density at radius 1 is 1.11 bits per heavy atom. The van der Waals surface area contributed by atoms with Crippen molar-refractivity contribution in [3.05, 3.63) is 34.9 Å². The molecule has 0 N–H and O–H groups in total. The van der Waals surface area contributed by atoms with Crippen LogP contribution in [0.5, 0.6) is 0 Å². The highest BCUT2D eigenvalue weighted by atomic mass is 16.4. The molecule has 0 bridgehead atoms. The van der Waals surface area contributed by atoms with Gasteiger partial charge in [0.2, 0.25) is 11.8 Å². The summed E-state index contributed by atoms with van der Waals surface area (Å²) < 4.78 is 5.01. The Hall–Kier alpha value is -1.92. The maximum absolute atomic E-state index is 13.1. The Bertz CT molecular complexity index is 673. The van der Waals surface area contributed by atoms with Crippen molar-refractivity contribution >= 4 is 11.8 Å². The SMILES string of the molecule is CCN(CC)C[C@@H]1CN(C(=O)CO[11CH3])CCN1C(=O)Cc1ccc(C)c(C)c1. The van der Waals surface area contributed by atoms with E-state index in [2.05, 4.69) is 44.7 Å². The van der Waals surface area contributed by atoms with Crippen LogP contribution in [0.4, 0.5) is 0 Å². The Kier molecular flexibility index (Phi) is 8.45. The van der Waals surface area contributed by atoms with E-state index in [1.165, 1.54) is 18.2 Å². The van der Waals surface area contributed by atoms with Crippen LogP contribution in [-0.4, -0.2) is 85.5 Å². The van der Waals surface area contributed by atoms with Crippen molar-refractivity contribution in [1.82, 2.24) is 14.7 Å². The normalized spacial score (nSPS) is 17.3. The molecule has 1 fully saturated rings. The Labute approximate surface area is 169 Å². The molecule has 1 aromatic rings. The highest BCUT2D eigenvalue weighted by Gasteiger charge is 2.33. The first kappa shape index (κ1) is 22.4. The van der Waals surface area contributed by atoms with Gasteiger partial charge in [-0.05, 0) is 43.6 Å². The average molecular weight is 389 g/mol. The summed E-state index contributed by atoms with van der Waals surface area (Å²) in [6, 6.07) is 6.23. The van der Waals surface area contributed by atoms with E-state index in [-0.39, 0.29) is 24.5 Å². The molecule has 0 radical (unpaired) electrons. The first-order valence-electron chi connectivity index (χ1n) is 10.2. The van der Waals surface area contributed by atoms with E-state index in [0.29, 0.717) is 26.1 Å². The first-order chi connectivity index (χ1) is 13.4. The second-order valence-corrected chi connectivity index (χ2v) is 7.59. The molecule has 0 saturated carbocycles. The molecule has 6 heteroatoms. The summed E-state index contributed by atoms with van der Waals surface area (Å²) in [7, 11) is 1.54. The molecule has 1 aromatic carbocycles. The summed E-state index contributed by atoms with van der Waals surface area (Å²) in [5.41, 5.74) is 3.49. The van der Waals surface area contributed by atoms with Crippen LogP contribution < -0.4 is 0 Å². The van der Waals surface area contributed by atoms with Gasteiger partial charge in [0.1, 0.15) is 6.61 Å². The predicted molar refractivity (Wildman–Crippen MR) is 111 cm³/mol. The summed E-state index contributed by atoms with van der Waals surface area (Å²) >= 11 is 0. The number of benzene rings is 1. The van der Waals surface area contributed by atoms with Gasteiger partial charge < -0.3 is 19.4 Å². The van der Waals surface area contributed by atoms with Crippen LogP contribution in [0.3, 0.4) is 0 Å². The summed E-state index contributed by atoms with van der Waals surface area (Å²) in [4.78, 5) is 31.5. The minimum atomic E-state index is -0.00620. The Morgan fingerprint density at radius 3 is 2.43 bits per heavy atom. The van der Waals surface area contributed by atoms with Crippen molar-refractivity contribution in [2.45, 2.75) is 40.2 Å². The molecule has 1 aliphatic rings. The van der Waals surface area contributed by atoms with Gasteiger partial charge in [-0.3, -0.25) is 9.59 Å². The number of aryl methyl sites for hydroxylation is 2. The highest BCUT2D eigenvalue weighted by molar-refractivity contribution is 5.81. The molecule has 0 spiro atoms. The molecule has 0 aliphatic carbocycles. The summed E-state index contributed by atoms with van der Waals surface area (Å²) in [6.45, 7) is 12.8. The Morgan fingerprint density at radius 2 is 1.82 bits per heavy atom.